The van der Waals surface area contributed by atoms with Gasteiger partial charge in [0.1, 0.15) is 0 Å². The number of rotatable bonds is 12. The van der Waals surface area contributed by atoms with Crippen LogP contribution >= 0.6 is 0 Å². The van der Waals surface area contributed by atoms with Crippen LogP contribution in [0.2, 0.25) is 0 Å². The van der Waals surface area contributed by atoms with Gasteiger partial charge >= 0.3 is 6.09 Å². The van der Waals surface area contributed by atoms with Crippen molar-refractivity contribution < 1.29 is 14.3 Å². The summed E-state index contributed by atoms with van der Waals surface area (Å²) in [6.07, 6.45) is 12.4. The van der Waals surface area contributed by atoms with Crippen LogP contribution in [-0.2, 0) is 11.8 Å². The number of unbranched alkanes of at least 4 members (excludes halogenated alkanes) is 3. The molecular formula is C37H46N6O3. The van der Waals surface area contributed by atoms with Crippen molar-refractivity contribution in [2.45, 2.75) is 77.6 Å². The summed E-state index contributed by atoms with van der Waals surface area (Å²) in [5, 5.41) is 3.06. The number of carbonyl (C=O) groups is 2. The van der Waals surface area contributed by atoms with Gasteiger partial charge in [-0.2, -0.15) is 0 Å². The number of amides is 2. The Balaban J connectivity index is 1.28. The monoisotopic (exact) mass is 622 g/mol. The van der Waals surface area contributed by atoms with E-state index in [9.17, 15) is 9.59 Å². The Hall–Kier alpha value is -4.50. The van der Waals surface area contributed by atoms with Gasteiger partial charge < -0.3 is 15.4 Å². The van der Waals surface area contributed by atoms with Gasteiger partial charge in [0.15, 0.2) is 0 Å². The Bertz CT molecular complexity index is 1620. The second kappa shape index (κ2) is 15.2. The van der Waals surface area contributed by atoms with E-state index in [1.807, 2.05) is 86.1 Å². The van der Waals surface area contributed by atoms with E-state index in [1.165, 1.54) is 58.2 Å². The number of anilines is 1. The summed E-state index contributed by atoms with van der Waals surface area (Å²) in [5.41, 5.74) is 9.63. The molecule has 0 radical (unpaired) electrons. The van der Waals surface area contributed by atoms with E-state index in [0.717, 1.165) is 40.9 Å². The van der Waals surface area contributed by atoms with Crippen LogP contribution in [0, 0.1) is 0 Å². The molecule has 0 spiro atoms. The van der Waals surface area contributed by atoms with Gasteiger partial charge in [0.25, 0.3) is 5.91 Å². The zero-order valence-electron chi connectivity index (χ0n) is 27.3. The number of primary amides is 1. The van der Waals surface area contributed by atoms with Gasteiger partial charge in [-0.1, -0.05) is 70.4 Å². The number of pyridine rings is 1. The first kappa shape index (κ1) is 32.9. The molecule has 0 atom stereocenters. The van der Waals surface area contributed by atoms with E-state index in [1.54, 1.807) is 12.3 Å². The van der Waals surface area contributed by atoms with Crippen LogP contribution in [-0.4, -0.2) is 51.1 Å². The number of benzene rings is 2. The normalized spacial score (nSPS) is 13.8. The van der Waals surface area contributed by atoms with Crippen LogP contribution < -0.4 is 15.8 Å². The number of hydrogen-bond acceptors (Lipinski definition) is 6. The van der Waals surface area contributed by atoms with Crippen molar-refractivity contribution >= 4 is 17.9 Å². The first-order valence-corrected chi connectivity index (χ1v) is 16.4. The lowest BCUT2D eigenvalue weighted by atomic mass is 9.86. The molecule has 9 heteroatoms. The van der Waals surface area contributed by atoms with Crippen molar-refractivity contribution in [3.8, 4) is 22.7 Å². The molecule has 242 valence electrons. The van der Waals surface area contributed by atoms with Crippen molar-refractivity contribution in [3.63, 3.8) is 0 Å². The molecule has 3 N–H and O–H groups in total. The van der Waals surface area contributed by atoms with Gasteiger partial charge in [0.2, 0.25) is 11.8 Å². The molecule has 2 amide bonds. The third-order valence-corrected chi connectivity index (χ3v) is 8.44. The number of aryl methyl sites for hydroxylation is 1. The molecular weight excluding hydrogens is 576 g/mol. The molecule has 0 bridgehead atoms. The number of nitrogens with zero attached hydrogens (tertiary/aromatic N) is 4. The highest BCUT2D eigenvalue weighted by molar-refractivity contribution is 6.04. The van der Waals surface area contributed by atoms with Crippen LogP contribution in [0.3, 0.4) is 0 Å². The first-order valence-electron chi connectivity index (χ1n) is 16.4. The summed E-state index contributed by atoms with van der Waals surface area (Å²) in [4.78, 5) is 36.9. The van der Waals surface area contributed by atoms with Crippen molar-refractivity contribution in [1.82, 2.24) is 19.4 Å². The molecule has 1 aliphatic heterocycles. The number of para-hydroxylation sites is 1. The summed E-state index contributed by atoms with van der Waals surface area (Å²) >= 11 is 0. The second-order valence-electron chi connectivity index (χ2n) is 13.1. The SMILES string of the molecule is CC(C)(C)c1cc(-c2cccc(C(=O)Nc3nc(CCCCCCN4CCCCC4)cn3-c3ccccc3)c2)cnc1OC(N)=O. The van der Waals surface area contributed by atoms with Gasteiger partial charge in [0, 0.05) is 34.8 Å². The van der Waals surface area contributed by atoms with E-state index in [-0.39, 0.29) is 17.2 Å². The highest BCUT2D eigenvalue weighted by atomic mass is 16.6. The molecule has 0 aliphatic carbocycles. The highest BCUT2D eigenvalue weighted by Gasteiger charge is 2.23. The number of likely N-dealkylation sites (tertiary alicyclic amines) is 1. The molecule has 46 heavy (non-hydrogen) atoms. The summed E-state index contributed by atoms with van der Waals surface area (Å²) in [7, 11) is 0. The number of ether oxygens (including phenoxy) is 1. The third-order valence-electron chi connectivity index (χ3n) is 8.44. The predicted molar refractivity (Wildman–Crippen MR) is 183 cm³/mol. The summed E-state index contributed by atoms with van der Waals surface area (Å²) in [6, 6.07) is 19.2. The Morgan fingerprint density at radius 2 is 1.67 bits per heavy atom. The fraction of sp³-hybridized carbons (Fsp3) is 0.405. The van der Waals surface area contributed by atoms with Gasteiger partial charge in [-0.15, -0.1) is 0 Å². The number of nitrogens with two attached hydrogens (primary N) is 1. The standard InChI is InChI=1S/C37H46N6O3/c1-37(2,3)32-24-29(25-39-34(32)46-35(38)45)27-15-14-16-28(23-27)33(44)41-36-40-30(26-43(36)31-18-9-6-10-19-31)17-8-4-5-11-20-42-21-12-7-13-22-42/h6,9-10,14-16,18-19,23-26H,4-5,7-8,11-13,17,20-22H2,1-3H3,(H2,38,45)(H,40,41,44). The van der Waals surface area contributed by atoms with E-state index in [4.69, 9.17) is 15.5 Å². The van der Waals surface area contributed by atoms with Crippen LogP contribution in [0.15, 0.2) is 73.1 Å². The quantitative estimate of drug-likeness (QED) is 0.158. The fourth-order valence-corrected chi connectivity index (χ4v) is 5.94. The molecule has 0 saturated carbocycles. The van der Waals surface area contributed by atoms with Crippen LogP contribution in [0.4, 0.5) is 10.7 Å². The predicted octanol–water partition coefficient (Wildman–Crippen LogP) is 7.53. The number of piperidine rings is 1. The van der Waals surface area contributed by atoms with Crippen molar-refractivity contribution in [1.29, 1.82) is 0 Å². The maximum absolute atomic E-state index is 13.6. The molecule has 2 aromatic heterocycles. The minimum absolute atomic E-state index is 0.179. The van der Waals surface area contributed by atoms with Crippen molar-refractivity contribution in [2.75, 3.05) is 25.0 Å². The molecule has 1 fully saturated rings. The Morgan fingerprint density at radius 3 is 2.41 bits per heavy atom. The van der Waals surface area contributed by atoms with Gasteiger partial charge in [0.05, 0.1) is 5.69 Å². The van der Waals surface area contributed by atoms with E-state index >= 15 is 0 Å². The Labute approximate surface area is 272 Å². The molecule has 1 aliphatic rings. The van der Waals surface area contributed by atoms with Crippen LogP contribution in [0.25, 0.3) is 16.8 Å². The van der Waals surface area contributed by atoms with Crippen LogP contribution in [0.5, 0.6) is 5.88 Å². The Kier molecular flexibility index (Phi) is 10.9. The van der Waals surface area contributed by atoms with E-state index in [2.05, 4.69) is 15.2 Å². The average molecular weight is 623 g/mol. The molecule has 5 rings (SSSR count). The fourth-order valence-electron chi connectivity index (χ4n) is 5.94. The molecule has 9 nitrogen and oxygen atoms in total. The first-order chi connectivity index (χ1) is 22.2. The summed E-state index contributed by atoms with van der Waals surface area (Å²) in [6.45, 7) is 9.74. The average Bonchev–Trinajstić information content (AvgIpc) is 3.45. The Morgan fingerprint density at radius 1 is 0.913 bits per heavy atom. The smallest absolute Gasteiger partial charge is 0.391 e. The second-order valence-corrected chi connectivity index (χ2v) is 13.1. The van der Waals surface area contributed by atoms with Gasteiger partial charge in [-0.25, -0.2) is 14.8 Å². The van der Waals surface area contributed by atoms with E-state index < -0.39 is 6.09 Å². The lowest BCUT2D eigenvalue weighted by Gasteiger charge is -2.26. The van der Waals surface area contributed by atoms with Crippen LogP contribution in [0.1, 0.15) is 87.3 Å². The lowest BCUT2D eigenvalue weighted by Crippen LogP contribution is -2.30. The third kappa shape index (κ3) is 8.81. The molecule has 1 saturated heterocycles. The molecule has 4 aromatic rings. The van der Waals surface area contributed by atoms with Gasteiger partial charge in [-0.3, -0.25) is 14.7 Å². The zero-order valence-corrected chi connectivity index (χ0v) is 27.3. The molecule has 3 heterocycles. The largest absolute Gasteiger partial charge is 0.411 e. The summed E-state index contributed by atoms with van der Waals surface area (Å²) < 4.78 is 7.11. The molecule has 0 unspecified atom stereocenters. The number of imidazole rings is 1. The number of carbonyl (C=O) groups excluding carboxylic acids is 2. The minimum atomic E-state index is -0.912. The lowest BCUT2D eigenvalue weighted by molar-refractivity contribution is 0.102. The number of hydrogen-bond donors (Lipinski definition) is 2. The van der Waals surface area contributed by atoms with Gasteiger partial charge in [-0.05, 0) is 93.0 Å². The maximum Gasteiger partial charge on any atom is 0.411 e. The molecule has 2 aromatic carbocycles. The van der Waals surface area contributed by atoms with Crippen molar-refractivity contribution in [2.24, 2.45) is 5.73 Å². The highest BCUT2D eigenvalue weighted by Crippen LogP contribution is 2.33. The topological polar surface area (TPSA) is 115 Å². The minimum Gasteiger partial charge on any atom is -0.391 e. The van der Waals surface area contributed by atoms with Crippen molar-refractivity contribution in [3.05, 3.63) is 89.9 Å². The summed E-state index contributed by atoms with van der Waals surface area (Å²) in [5.74, 6) is 0.413. The maximum atomic E-state index is 13.6. The zero-order chi connectivity index (χ0) is 32.5. The number of aromatic nitrogens is 3. The number of nitrogens with one attached hydrogen (secondary N) is 1. The van der Waals surface area contributed by atoms with E-state index in [0.29, 0.717) is 11.5 Å².